The van der Waals surface area contributed by atoms with Gasteiger partial charge in [0.05, 0.1) is 0 Å². The Morgan fingerprint density at radius 2 is 1.85 bits per heavy atom. The lowest BCUT2D eigenvalue weighted by atomic mass is 9.94. The van der Waals surface area contributed by atoms with E-state index in [1.165, 1.54) is 18.2 Å². The van der Waals surface area contributed by atoms with Crippen LogP contribution in [0, 0.1) is 6.92 Å². The summed E-state index contributed by atoms with van der Waals surface area (Å²) in [6.07, 6.45) is 1.80. The van der Waals surface area contributed by atoms with Gasteiger partial charge in [0.1, 0.15) is 6.61 Å². The first kappa shape index (κ1) is 26.3. The number of methoxy groups -OCH3 is 1. The summed E-state index contributed by atoms with van der Waals surface area (Å²) in [5.41, 5.74) is 2.92. The fourth-order valence-corrected chi connectivity index (χ4v) is 4.66. The number of anilines is 1. The van der Waals surface area contributed by atoms with Gasteiger partial charge in [0.2, 0.25) is 5.91 Å². The molecule has 3 N–H and O–H groups in total. The van der Waals surface area contributed by atoms with E-state index in [4.69, 9.17) is 27.9 Å². The zero-order valence-electron chi connectivity index (χ0n) is 19.6. The van der Waals surface area contributed by atoms with Gasteiger partial charge in [-0.05, 0) is 50.1 Å². The number of nitrogens with one attached hydrogen (secondary N) is 3. The second-order valence-electron chi connectivity index (χ2n) is 8.68. The van der Waals surface area contributed by atoms with Crippen molar-refractivity contribution in [3.63, 3.8) is 0 Å². The minimum Gasteiger partial charge on any atom is -0.375 e. The summed E-state index contributed by atoms with van der Waals surface area (Å²) in [5, 5.41) is 9.71. The molecule has 3 rings (SSSR count). The molecule has 0 aromatic heterocycles. The van der Waals surface area contributed by atoms with Crippen LogP contribution in [-0.2, 0) is 9.53 Å². The molecule has 0 aliphatic carbocycles. The first-order valence-corrected chi connectivity index (χ1v) is 12.2. The van der Waals surface area contributed by atoms with Gasteiger partial charge in [0, 0.05) is 54.4 Å². The van der Waals surface area contributed by atoms with Crippen molar-refractivity contribution in [1.82, 2.24) is 15.5 Å². The Morgan fingerprint density at radius 3 is 2.53 bits per heavy atom. The summed E-state index contributed by atoms with van der Waals surface area (Å²) in [4.78, 5) is 26.7. The van der Waals surface area contributed by atoms with Crippen molar-refractivity contribution in [2.45, 2.75) is 31.7 Å². The van der Waals surface area contributed by atoms with Crippen LogP contribution in [0.4, 0.5) is 10.5 Å². The summed E-state index contributed by atoms with van der Waals surface area (Å²) >= 11 is 12.0. The molecule has 1 fully saturated rings. The fraction of sp³-hybridized carbons (Fsp3) is 0.440. The summed E-state index contributed by atoms with van der Waals surface area (Å²) < 4.78 is 4.89. The lowest BCUT2D eigenvalue weighted by Crippen LogP contribution is -2.39. The number of nitrogens with zero attached hydrogens (tertiary/aromatic N) is 1. The van der Waals surface area contributed by atoms with Crippen LogP contribution in [0.3, 0.4) is 0 Å². The van der Waals surface area contributed by atoms with Gasteiger partial charge in [-0.3, -0.25) is 4.79 Å². The summed E-state index contributed by atoms with van der Waals surface area (Å²) in [6.45, 7) is 5.26. The van der Waals surface area contributed by atoms with Crippen LogP contribution < -0.4 is 16.0 Å². The van der Waals surface area contributed by atoms with E-state index in [-0.39, 0.29) is 30.5 Å². The zero-order chi connectivity index (χ0) is 24.5. The molecule has 2 aromatic carbocycles. The third-order valence-electron chi connectivity index (χ3n) is 5.88. The molecule has 2 atom stereocenters. The van der Waals surface area contributed by atoms with Crippen molar-refractivity contribution in [3.05, 3.63) is 63.6 Å². The standard InChI is InChI=1S/C25H32Cl2N4O3/c1-17-3-5-18(6-4-17)19(7-9-31-10-8-22(15-31)29-24(32)16-34-2)14-28-25(33)30-23-12-20(26)11-21(27)13-23/h3-6,11-13,19,22H,7-10,14-16H2,1-2H3,(H,29,32)(H2,28,30,33). The van der Waals surface area contributed by atoms with E-state index in [1.807, 2.05) is 0 Å². The number of rotatable bonds is 10. The van der Waals surface area contributed by atoms with Crippen LogP contribution in [-0.4, -0.2) is 62.8 Å². The first-order chi connectivity index (χ1) is 16.3. The first-order valence-electron chi connectivity index (χ1n) is 11.4. The number of hydrogen-bond donors (Lipinski definition) is 3. The Balaban J connectivity index is 1.55. The molecule has 7 nitrogen and oxygen atoms in total. The zero-order valence-corrected chi connectivity index (χ0v) is 21.1. The average molecular weight is 507 g/mol. The van der Waals surface area contributed by atoms with Gasteiger partial charge < -0.3 is 25.6 Å². The summed E-state index contributed by atoms with van der Waals surface area (Å²) in [7, 11) is 1.52. The predicted octanol–water partition coefficient (Wildman–Crippen LogP) is 4.43. The number of urea groups is 1. The number of likely N-dealkylation sites (tertiary alicyclic amines) is 1. The van der Waals surface area contributed by atoms with Crippen molar-refractivity contribution in [2.24, 2.45) is 0 Å². The molecule has 2 unspecified atom stereocenters. The lowest BCUT2D eigenvalue weighted by Gasteiger charge is -2.23. The quantitative estimate of drug-likeness (QED) is 0.444. The van der Waals surface area contributed by atoms with Crippen LogP contribution in [0.2, 0.25) is 10.0 Å². The van der Waals surface area contributed by atoms with Crippen LogP contribution in [0.5, 0.6) is 0 Å². The van der Waals surface area contributed by atoms with E-state index in [0.717, 1.165) is 32.5 Å². The smallest absolute Gasteiger partial charge is 0.319 e. The van der Waals surface area contributed by atoms with Crippen molar-refractivity contribution < 1.29 is 14.3 Å². The molecule has 1 aliphatic heterocycles. The van der Waals surface area contributed by atoms with E-state index >= 15 is 0 Å². The maximum absolute atomic E-state index is 12.5. The number of hydrogen-bond acceptors (Lipinski definition) is 4. The Labute approximate surface area is 211 Å². The number of carbonyl (C=O) groups is 2. The monoisotopic (exact) mass is 506 g/mol. The van der Waals surface area contributed by atoms with Crippen molar-refractivity contribution in [1.29, 1.82) is 0 Å². The highest BCUT2D eigenvalue weighted by Crippen LogP contribution is 2.23. The van der Waals surface area contributed by atoms with E-state index in [9.17, 15) is 9.59 Å². The molecular formula is C25H32Cl2N4O3. The Bertz CT molecular complexity index is 951. The molecule has 184 valence electrons. The van der Waals surface area contributed by atoms with Crippen LogP contribution in [0.25, 0.3) is 0 Å². The Morgan fingerprint density at radius 1 is 1.15 bits per heavy atom. The van der Waals surface area contributed by atoms with Gasteiger partial charge in [0.25, 0.3) is 0 Å². The molecular weight excluding hydrogens is 475 g/mol. The molecule has 1 saturated heterocycles. The normalized spacial score (nSPS) is 16.8. The van der Waals surface area contributed by atoms with Gasteiger partial charge in [-0.1, -0.05) is 53.0 Å². The van der Waals surface area contributed by atoms with Gasteiger partial charge >= 0.3 is 6.03 Å². The van der Waals surface area contributed by atoms with Crippen molar-refractivity contribution >= 4 is 40.8 Å². The van der Waals surface area contributed by atoms with Crippen molar-refractivity contribution in [2.75, 3.05) is 45.2 Å². The molecule has 34 heavy (non-hydrogen) atoms. The van der Waals surface area contributed by atoms with Gasteiger partial charge in [-0.25, -0.2) is 4.79 Å². The number of ether oxygens (including phenoxy) is 1. The molecule has 0 radical (unpaired) electrons. The SMILES string of the molecule is COCC(=O)NC1CCN(CCC(CNC(=O)Nc2cc(Cl)cc(Cl)c2)c2ccc(C)cc2)C1. The topological polar surface area (TPSA) is 82.7 Å². The number of halogens is 2. The summed E-state index contributed by atoms with van der Waals surface area (Å²) in [5.74, 6) is 0.0690. The van der Waals surface area contributed by atoms with Gasteiger partial charge in [-0.15, -0.1) is 0 Å². The highest BCUT2D eigenvalue weighted by atomic mass is 35.5. The third-order valence-corrected chi connectivity index (χ3v) is 6.32. The molecule has 9 heteroatoms. The van der Waals surface area contributed by atoms with E-state index in [1.54, 1.807) is 18.2 Å². The average Bonchev–Trinajstić information content (AvgIpc) is 3.21. The fourth-order valence-electron chi connectivity index (χ4n) is 4.13. The molecule has 3 amide bonds. The van der Waals surface area contributed by atoms with Gasteiger partial charge in [0.15, 0.2) is 0 Å². The molecule has 2 aromatic rings. The minimum atomic E-state index is -0.308. The Kier molecular flexibility index (Phi) is 10.0. The Hall–Kier alpha value is -2.32. The largest absolute Gasteiger partial charge is 0.375 e. The summed E-state index contributed by atoms with van der Waals surface area (Å²) in [6, 6.07) is 13.2. The highest BCUT2D eigenvalue weighted by molar-refractivity contribution is 6.35. The maximum Gasteiger partial charge on any atom is 0.319 e. The van der Waals surface area contributed by atoms with E-state index in [2.05, 4.69) is 52.0 Å². The number of amides is 3. The van der Waals surface area contributed by atoms with E-state index < -0.39 is 0 Å². The second-order valence-corrected chi connectivity index (χ2v) is 9.55. The molecule has 1 heterocycles. The third kappa shape index (κ3) is 8.47. The van der Waals surface area contributed by atoms with Crippen LogP contribution >= 0.6 is 23.2 Å². The molecule has 1 aliphatic rings. The van der Waals surface area contributed by atoms with Crippen LogP contribution in [0.1, 0.15) is 29.9 Å². The van der Waals surface area contributed by atoms with Crippen LogP contribution in [0.15, 0.2) is 42.5 Å². The molecule has 0 bridgehead atoms. The minimum absolute atomic E-state index is 0.0805. The maximum atomic E-state index is 12.5. The molecule has 0 saturated carbocycles. The highest BCUT2D eigenvalue weighted by Gasteiger charge is 2.24. The number of carbonyl (C=O) groups excluding carboxylic acids is 2. The molecule has 0 spiro atoms. The predicted molar refractivity (Wildman–Crippen MR) is 137 cm³/mol. The van der Waals surface area contributed by atoms with Crippen molar-refractivity contribution in [3.8, 4) is 0 Å². The number of benzene rings is 2. The number of aryl methyl sites for hydroxylation is 1. The van der Waals surface area contributed by atoms with Gasteiger partial charge in [-0.2, -0.15) is 0 Å². The lowest BCUT2D eigenvalue weighted by molar-refractivity contribution is -0.125. The second kappa shape index (κ2) is 13.0. The van der Waals surface area contributed by atoms with E-state index in [0.29, 0.717) is 22.3 Å².